The van der Waals surface area contributed by atoms with Gasteiger partial charge < -0.3 is 70.2 Å². The molecule has 0 unspecified atom stereocenters. The Morgan fingerprint density at radius 2 is 1.05 bits per heavy atom. The summed E-state index contributed by atoms with van der Waals surface area (Å²) >= 11 is 0. The van der Waals surface area contributed by atoms with Gasteiger partial charge in [0.05, 0.1) is 18.8 Å². The van der Waals surface area contributed by atoms with Gasteiger partial charge in [0.15, 0.2) is 5.75 Å². The molecule has 2 rings (SSSR count). The summed E-state index contributed by atoms with van der Waals surface area (Å²) in [7, 11) is 9.77. The standard InChI is InChI=1S/C70H118N12O14/c1-24-26-32-46(13)60(84)59-64(88)74-51(25-2)66(90)76(17)40-55(83)80(21)58(49(16)95-36-31-30-35-71-96-50-33-28-27-29-34-50)63(87)75-56(44(9)10)69(93)77(18)52(37-41(3)4)62(86)72-47(14)61(85)73-48(15)65(89)78(19)53(38-42(5)6)67(91)79(20)54(39-43(7)8)68(92)81(22)57(45(11)12)70(94)82(59)23/h24,26-29,33-35,41-49,51-54,56-60,84H,25,30-32,36-40H2,1-23H3,(H,72,86)(H,73,85)(H,74,88)(H,75,87)/b26-24+,71-35-/t46-,47+,48-,49-,51+,52+,53+,54-,56+,57+,58+,59+,60-/m1/s1. The van der Waals surface area contributed by atoms with Crippen LogP contribution in [-0.4, -0.2) is 246 Å². The van der Waals surface area contributed by atoms with Gasteiger partial charge in [0, 0.05) is 62.2 Å². The number of likely N-dealkylation sites (N-methyl/N-ethyl adjacent to an activating group) is 7. The molecule has 0 aliphatic carbocycles. The quantitative estimate of drug-likeness (QED) is 0.0491. The summed E-state index contributed by atoms with van der Waals surface area (Å²) in [6, 6.07) is -4.05. The molecule has 542 valence electrons. The molecule has 1 aliphatic rings. The molecular formula is C70H118N12O14. The maximum atomic E-state index is 15.2. The lowest BCUT2D eigenvalue weighted by molar-refractivity contribution is -0.157. The second-order valence-corrected chi connectivity index (χ2v) is 27.8. The van der Waals surface area contributed by atoms with Crippen LogP contribution < -0.4 is 26.1 Å². The smallest absolute Gasteiger partial charge is 0.246 e. The van der Waals surface area contributed by atoms with E-state index in [0.717, 1.165) is 14.7 Å². The van der Waals surface area contributed by atoms with E-state index >= 15 is 14.4 Å². The van der Waals surface area contributed by atoms with Gasteiger partial charge in [0.25, 0.3) is 0 Å². The molecule has 96 heavy (non-hydrogen) atoms. The van der Waals surface area contributed by atoms with E-state index in [1.54, 1.807) is 85.9 Å². The van der Waals surface area contributed by atoms with Crippen LogP contribution in [0.15, 0.2) is 47.6 Å². The molecule has 0 spiro atoms. The molecule has 1 aliphatic heterocycles. The van der Waals surface area contributed by atoms with Gasteiger partial charge in [-0.15, -0.1) is 0 Å². The largest absolute Gasteiger partial charge is 0.390 e. The number of aliphatic hydroxyl groups is 1. The van der Waals surface area contributed by atoms with Crippen LogP contribution in [0.3, 0.4) is 0 Å². The van der Waals surface area contributed by atoms with E-state index in [4.69, 9.17) is 9.57 Å². The topological polar surface area (TPSA) is 310 Å². The Balaban J connectivity index is 2.97. The first-order valence-electron chi connectivity index (χ1n) is 34.0. The van der Waals surface area contributed by atoms with Crippen molar-refractivity contribution in [3.63, 3.8) is 0 Å². The third-order valence-electron chi connectivity index (χ3n) is 17.6. The predicted molar refractivity (Wildman–Crippen MR) is 369 cm³/mol. The van der Waals surface area contributed by atoms with Gasteiger partial charge in [-0.25, -0.2) is 0 Å². The number of rotatable bonds is 21. The number of amides is 11. The van der Waals surface area contributed by atoms with E-state index < -0.39 is 162 Å². The highest BCUT2D eigenvalue weighted by Gasteiger charge is 2.46. The molecule has 1 aromatic rings. The van der Waals surface area contributed by atoms with Gasteiger partial charge >= 0.3 is 0 Å². The van der Waals surface area contributed by atoms with Crippen LogP contribution in [0.1, 0.15) is 156 Å². The summed E-state index contributed by atoms with van der Waals surface area (Å²) in [4.78, 5) is 176. The Labute approximate surface area is 571 Å². The van der Waals surface area contributed by atoms with Gasteiger partial charge in [-0.2, -0.15) is 0 Å². The molecule has 1 saturated heterocycles. The minimum Gasteiger partial charge on any atom is -0.390 e. The van der Waals surface area contributed by atoms with E-state index in [1.807, 2.05) is 59.7 Å². The Kier molecular flexibility index (Phi) is 35.5. The van der Waals surface area contributed by atoms with Gasteiger partial charge in [0.2, 0.25) is 65.0 Å². The molecule has 5 N–H and O–H groups in total. The highest BCUT2D eigenvalue weighted by atomic mass is 16.6. The second-order valence-electron chi connectivity index (χ2n) is 27.8. The number of aliphatic hydroxyl groups excluding tert-OH is 1. The number of carbonyl (C=O) groups is 11. The number of hydrogen-bond donors (Lipinski definition) is 5. The van der Waals surface area contributed by atoms with Gasteiger partial charge in [0.1, 0.15) is 60.4 Å². The van der Waals surface area contributed by atoms with E-state index in [1.165, 1.54) is 82.8 Å². The van der Waals surface area contributed by atoms with Crippen LogP contribution in [0, 0.1) is 35.5 Å². The fourth-order valence-corrected chi connectivity index (χ4v) is 11.6. The fraction of sp³-hybridized carbons (Fsp3) is 0.714. The molecule has 1 heterocycles. The minimum absolute atomic E-state index is 0.0182. The predicted octanol–water partition coefficient (Wildman–Crippen LogP) is 4.47. The van der Waals surface area contributed by atoms with Crippen molar-refractivity contribution in [2.45, 2.75) is 228 Å². The number of para-hydroxylation sites is 1. The van der Waals surface area contributed by atoms with Gasteiger partial charge in [-0.05, 0) is 120 Å². The van der Waals surface area contributed by atoms with Crippen molar-refractivity contribution in [3.8, 4) is 5.75 Å². The van der Waals surface area contributed by atoms with Crippen molar-refractivity contribution < 1.29 is 67.4 Å². The Morgan fingerprint density at radius 1 is 0.552 bits per heavy atom. The lowest BCUT2D eigenvalue weighted by Crippen LogP contribution is -2.63. The highest BCUT2D eigenvalue weighted by Crippen LogP contribution is 2.26. The molecule has 0 bridgehead atoms. The molecule has 11 amide bonds. The molecule has 13 atom stereocenters. The lowest BCUT2D eigenvalue weighted by atomic mass is 9.91. The number of unbranched alkanes of at least 4 members (excludes halogenated alkanes) is 1. The number of hydrogen-bond acceptors (Lipinski definition) is 15. The number of allylic oxidation sites excluding steroid dienone is 2. The van der Waals surface area contributed by atoms with Crippen molar-refractivity contribution in [1.82, 2.24) is 55.6 Å². The maximum absolute atomic E-state index is 15.2. The monoisotopic (exact) mass is 1350 g/mol. The van der Waals surface area contributed by atoms with Crippen molar-refractivity contribution in [2.75, 3.05) is 62.5 Å². The zero-order chi connectivity index (χ0) is 73.3. The summed E-state index contributed by atoms with van der Waals surface area (Å²) in [5.41, 5.74) is 0. The third-order valence-corrected chi connectivity index (χ3v) is 17.6. The number of benzene rings is 1. The van der Waals surface area contributed by atoms with Crippen LogP contribution in [0.25, 0.3) is 0 Å². The minimum atomic E-state index is -1.65. The van der Waals surface area contributed by atoms with Crippen LogP contribution in [0.4, 0.5) is 0 Å². The average molecular weight is 1350 g/mol. The molecule has 0 radical (unpaired) electrons. The van der Waals surface area contributed by atoms with E-state index in [-0.39, 0.29) is 56.5 Å². The number of oxime groups is 1. The third kappa shape index (κ3) is 24.6. The van der Waals surface area contributed by atoms with Crippen molar-refractivity contribution in [3.05, 3.63) is 42.5 Å². The molecule has 26 nitrogen and oxygen atoms in total. The molecule has 1 aromatic carbocycles. The molecule has 26 heteroatoms. The number of carbonyl (C=O) groups excluding carboxylic acids is 11. The number of nitrogens with zero attached hydrogens (tertiary/aromatic N) is 8. The summed E-state index contributed by atoms with van der Waals surface area (Å²) in [6.07, 6.45) is 4.05. The zero-order valence-corrected chi connectivity index (χ0v) is 61.7. The first-order valence-corrected chi connectivity index (χ1v) is 34.0. The van der Waals surface area contributed by atoms with E-state index in [0.29, 0.717) is 18.6 Å². The van der Waals surface area contributed by atoms with E-state index in [2.05, 4.69) is 26.4 Å². The Bertz CT molecular complexity index is 2800. The van der Waals surface area contributed by atoms with E-state index in [9.17, 15) is 43.5 Å². The van der Waals surface area contributed by atoms with Crippen LogP contribution in [-0.2, 0) is 57.5 Å². The highest BCUT2D eigenvalue weighted by molar-refractivity contribution is 5.99. The van der Waals surface area contributed by atoms with Crippen LogP contribution in [0.2, 0.25) is 0 Å². The van der Waals surface area contributed by atoms with Crippen molar-refractivity contribution >= 4 is 71.2 Å². The number of nitrogens with one attached hydrogen (secondary N) is 4. The van der Waals surface area contributed by atoms with Crippen LogP contribution >= 0.6 is 0 Å². The summed E-state index contributed by atoms with van der Waals surface area (Å²) < 4.78 is 6.24. The summed E-state index contributed by atoms with van der Waals surface area (Å²) in [6.45, 7) is 27.0. The van der Waals surface area contributed by atoms with Crippen molar-refractivity contribution in [1.29, 1.82) is 0 Å². The SMILES string of the molecule is C/C=C/C[C@@H](C)[C@@H](O)[C@H]1C(=O)N[C@@H](CC)C(=O)N(C)CC(=O)N(C)[C@@H]([C@@H](C)OCCC/C=N\Oc2ccccc2)C(=O)N[C@@H](C(C)C)C(=O)N(C)[C@@H](CC(C)C)C(=O)N[C@@H](C)C(=O)N[C@H](C)C(=O)N(C)[C@@H](CC(C)C)C(=O)N(C)[C@H](CC(C)C)C(=O)N(C)[C@@H](C(C)C)C(=O)N1C. The normalized spacial score (nSPS) is 25.5. The number of ether oxygens (including phenoxy) is 1. The van der Waals surface area contributed by atoms with Gasteiger partial charge in [-0.3, -0.25) is 52.7 Å². The molecule has 0 aromatic heterocycles. The fourth-order valence-electron chi connectivity index (χ4n) is 11.6. The summed E-state index contributed by atoms with van der Waals surface area (Å²) in [5.74, 6) is -9.74. The molecule has 0 saturated carbocycles. The first kappa shape index (κ1) is 84.6. The lowest BCUT2D eigenvalue weighted by Gasteiger charge is -2.41. The molecular weight excluding hydrogens is 1230 g/mol. The summed E-state index contributed by atoms with van der Waals surface area (Å²) in [5, 5.41) is 27.2. The zero-order valence-electron chi connectivity index (χ0n) is 61.7. The van der Waals surface area contributed by atoms with Crippen LogP contribution in [0.5, 0.6) is 5.75 Å². The van der Waals surface area contributed by atoms with Crippen molar-refractivity contribution in [2.24, 2.45) is 40.7 Å². The molecule has 1 fully saturated rings. The first-order chi connectivity index (χ1) is 44.8. The maximum Gasteiger partial charge on any atom is 0.246 e. The average Bonchev–Trinajstić information content (AvgIpc) is 0.821. The Morgan fingerprint density at radius 3 is 1.57 bits per heavy atom. The second kappa shape index (κ2) is 40.3. The van der Waals surface area contributed by atoms with Gasteiger partial charge in [-0.1, -0.05) is 119 Å². The Hall–Kier alpha value is -7.48.